The quantitative estimate of drug-likeness (QED) is 0.0606. The van der Waals surface area contributed by atoms with Crippen LogP contribution in [0.1, 0.15) is 151 Å². The maximum absolute atomic E-state index is 13.4. The van der Waals surface area contributed by atoms with Crippen LogP contribution in [0.3, 0.4) is 0 Å². The molecule has 8 heteroatoms. The highest BCUT2D eigenvalue weighted by atomic mass is 32.2. The number of ether oxygens (including phenoxy) is 2. The van der Waals surface area contributed by atoms with Crippen molar-refractivity contribution in [2.24, 2.45) is 5.41 Å². The fourth-order valence-electron chi connectivity index (χ4n) is 4.30. The normalized spacial score (nSPS) is 16.0. The Morgan fingerprint density at radius 1 is 0.821 bits per heavy atom. The van der Waals surface area contributed by atoms with Crippen molar-refractivity contribution in [3.63, 3.8) is 0 Å². The molecule has 0 radical (unpaired) electrons. The van der Waals surface area contributed by atoms with Gasteiger partial charge in [-0.3, -0.25) is 4.57 Å². The Hall–Kier alpha value is -0.0700. The summed E-state index contributed by atoms with van der Waals surface area (Å²) >= 11 is 1.85. The smallest absolute Gasteiger partial charge is 0.368 e. The summed E-state index contributed by atoms with van der Waals surface area (Å²) < 4.78 is 30.0. The number of unbranched alkanes of at least 4 members (excludes halogenated alkanes) is 12. The van der Waals surface area contributed by atoms with Gasteiger partial charge in [-0.15, -0.1) is 0 Å². The molecular weight excluding hydrogens is 531 g/mol. The number of thioether (sulfide) groups is 1. The molecule has 39 heavy (non-hydrogen) atoms. The molecule has 0 spiro atoms. The third kappa shape index (κ3) is 21.3. The molecular formula is C31H63O6PS. The molecule has 0 aromatic heterocycles. The fourth-order valence-corrected chi connectivity index (χ4v) is 7.08. The molecule has 1 N–H and O–H groups in total. The van der Waals surface area contributed by atoms with Gasteiger partial charge in [-0.05, 0) is 37.4 Å². The predicted molar refractivity (Wildman–Crippen MR) is 168 cm³/mol. The summed E-state index contributed by atoms with van der Waals surface area (Å²) in [5, 5.41) is 0.0959. The summed E-state index contributed by atoms with van der Waals surface area (Å²) in [6.45, 7) is 14.4. The highest BCUT2D eigenvalue weighted by Crippen LogP contribution is 2.51. The number of carbonyl (C=O) groups excluding carboxylic acids is 1. The Morgan fingerprint density at radius 2 is 1.33 bits per heavy atom. The molecule has 6 nitrogen and oxygen atoms in total. The standard InChI is InChI=1S/C31H63O6PS/c1-8-11-13-15-16-17-18-20-22-25-39-28(23-21-19-14-12-9-2)27(4)37-38(33,34)30(35-24-10-3)29(32)36-26-31(5,6)7/h27-28,30H,8-26H2,1-7H3,(H,33,34). The Bertz CT molecular complexity index is 639. The van der Waals surface area contributed by atoms with E-state index >= 15 is 0 Å². The van der Waals surface area contributed by atoms with E-state index in [1.54, 1.807) is 0 Å². The van der Waals surface area contributed by atoms with E-state index in [1.807, 2.05) is 46.4 Å². The first-order valence-corrected chi connectivity index (χ1v) is 18.6. The van der Waals surface area contributed by atoms with Crippen LogP contribution in [0.4, 0.5) is 0 Å². The third-order valence-electron chi connectivity index (χ3n) is 6.64. The molecule has 0 saturated carbocycles. The lowest BCUT2D eigenvalue weighted by Gasteiger charge is -2.29. The van der Waals surface area contributed by atoms with Gasteiger partial charge in [-0.1, -0.05) is 125 Å². The van der Waals surface area contributed by atoms with Crippen molar-refractivity contribution >= 4 is 25.3 Å². The zero-order chi connectivity index (χ0) is 29.6. The molecule has 0 heterocycles. The minimum absolute atomic E-state index is 0.0959. The van der Waals surface area contributed by atoms with Crippen molar-refractivity contribution in [3.05, 3.63) is 0 Å². The zero-order valence-electron chi connectivity index (χ0n) is 26.5. The first-order chi connectivity index (χ1) is 18.5. The Balaban J connectivity index is 5.01. The average molecular weight is 595 g/mol. The minimum Gasteiger partial charge on any atom is -0.463 e. The first-order valence-electron chi connectivity index (χ1n) is 15.9. The number of hydrogen-bond acceptors (Lipinski definition) is 6. The van der Waals surface area contributed by atoms with Gasteiger partial charge in [-0.25, -0.2) is 4.79 Å². The fraction of sp³-hybridized carbons (Fsp3) is 0.968. The van der Waals surface area contributed by atoms with Gasteiger partial charge in [0, 0.05) is 11.9 Å². The van der Waals surface area contributed by atoms with Gasteiger partial charge < -0.3 is 18.9 Å². The molecule has 234 valence electrons. The maximum atomic E-state index is 13.4. The second-order valence-electron chi connectivity index (χ2n) is 12.2. The van der Waals surface area contributed by atoms with E-state index < -0.39 is 25.5 Å². The highest BCUT2D eigenvalue weighted by Gasteiger charge is 2.43. The van der Waals surface area contributed by atoms with Crippen LogP contribution in [-0.2, 0) is 23.4 Å². The van der Waals surface area contributed by atoms with Gasteiger partial charge in [0.15, 0.2) is 0 Å². The van der Waals surface area contributed by atoms with E-state index in [9.17, 15) is 14.3 Å². The molecule has 0 saturated heterocycles. The minimum atomic E-state index is -4.41. The number of carbonyl (C=O) groups is 1. The summed E-state index contributed by atoms with van der Waals surface area (Å²) in [5.74, 6) is -1.42. The molecule has 0 aliphatic heterocycles. The predicted octanol–water partition coefficient (Wildman–Crippen LogP) is 9.91. The molecule has 0 aromatic rings. The second-order valence-corrected chi connectivity index (χ2v) is 15.4. The van der Waals surface area contributed by atoms with Crippen LogP contribution in [0, 0.1) is 5.41 Å². The zero-order valence-corrected chi connectivity index (χ0v) is 28.2. The van der Waals surface area contributed by atoms with Crippen LogP contribution in [-0.4, -0.2) is 47.0 Å². The summed E-state index contributed by atoms with van der Waals surface area (Å²) in [4.78, 5) is 23.7. The van der Waals surface area contributed by atoms with Gasteiger partial charge in [-0.2, -0.15) is 11.8 Å². The monoisotopic (exact) mass is 594 g/mol. The molecule has 0 aliphatic carbocycles. The van der Waals surface area contributed by atoms with E-state index in [0.29, 0.717) is 6.42 Å². The lowest BCUT2D eigenvalue weighted by Crippen LogP contribution is -2.33. The van der Waals surface area contributed by atoms with E-state index in [4.69, 9.17) is 14.0 Å². The van der Waals surface area contributed by atoms with E-state index in [0.717, 1.165) is 31.4 Å². The van der Waals surface area contributed by atoms with Crippen LogP contribution in [0.5, 0.6) is 0 Å². The average Bonchev–Trinajstić information content (AvgIpc) is 2.86. The largest absolute Gasteiger partial charge is 0.463 e. The summed E-state index contributed by atoms with van der Waals surface area (Å²) in [5.41, 5.74) is -0.257. The number of rotatable bonds is 26. The maximum Gasteiger partial charge on any atom is 0.368 e. The van der Waals surface area contributed by atoms with Crippen molar-refractivity contribution in [2.45, 2.75) is 168 Å². The summed E-state index contributed by atoms with van der Waals surface area (Å²) in [6, 6.07) is 0. The van der Waals surface area contributed by atoms with Crippen molar-refractivity contribution < 1.29 is 28.3 Å². The summed E-state index contributed by atoms with van der Waals surface area (Å²) in [7, 11) is -4.41. The number of esters is 1. The van der Waals surface area contributed by atoms with Crippen molar-refractivity contribution in [2.75, 3.05) is 19.0 Å². The molecule has 4 unspecified atom stereocenters. The number of hydrogen-bond donors (Lipinski definition) is 1. The Labute approximate surface area is 246 Å². The van der Waals surface area contributed by atoms with Crippen LogP contribution in [0.15, 0.2) is 0 Å². The molecule has 0 bridgehead atoms. The first kappa shape index (κ1) is 38.9. The van der Waals surface area contributed by atoms with Crippen LogP contribution in [0.2, 0.25) is 0 Å². The van der Waals surface area contributed by atoms with Gasteiger partial charge in [0.05, 0.1) is 12.7 Å². The van der Waals surface area contributed by atoms with E-state index in [-0.39, 0.29) is 23.9 Å². The van der Waals surface area contributed by atoms with Gasteiger partial charge in [0.25, 0.3) is 5.85 Å². The van der Waals surface area contributed by atoms with Crippen LogP contribution in [0.25, 0.3) is 0 Å². The molecule has 0 aliphatic rings. The van der Waals surface area contributed by atoms with Crippen molar-refractivity contribution in [1.82, 2.24) is 0 Å². The molecule has 4 atom stereocenters. The molecule has 0 aromatic carbocycles. The van der Waals surface area contributed by atoms with Crippen LogP contribution < -0.4 is 0 Å². The SMILES string of the molecule is CCCCCCCCCCCSC(CCCCCCC)C(C)OP(=O)(O)C(OCCC)C(=O)OCC(C)(C)C. The second kappa shape index (κ2) is 23.5. The van der Waals surface area contributed by atoms with Gasteiger partial charge in [0.2, 0.25) is 0 Å². The third-order valence-corrected chi connectivity index (χ3v) is 9.80. The van der Waals surface area contributed by atoms with Gasteiger partial charge in [0.1, 0.15) is 0 Å². The van der Waals surface area contributed by atoms with E-state index in [1.165, 1.54) is 70.6 Å². The Kier molecular flexibility index (Phi) is 23.4. The van der Waals surface area contributed by atoms with Crippen molar-refractivity contribution in [1.29, 1.82) is 0 Å². The summed E-state index contributed by atoms with van der Waals surface area (Å²) in [6.07, 6.45) is 18.6. The van der Waals surface area contributed by atoms with Gasteiger partial charge >= 0.3 is 13.6 Å². The lowest BCUT2D eigenvalue weighted by molar-refractivity contribution is -0.155. The van der Waals surface area contributed by atoms with E-state index in [2.05, 4.69) is 13.8 Å². The van der Waals surface area contributed by atoms with Crippen molar-refractivity contribution in [3.8, 4) is 0 Å². The molecule has 0 fully saturated rings. The highest BCUT2D eigenvalue weighted by molar-refractivity contribution is 7.99. The molecule has 0 amide bonds. The van der Waals surface area contributed by atoms with Crippen LogP contribution >= 0.6 is 19.4 Å². The lowest BCUT2D eigenvalue weighted by atomic mass is 9.99. The topological polar surface area (TPSA) is 82.1 Å². The Morgan fingerprint density at radius 3 is 1.85 bits per heavy atom. The molecule has 0 rings (SSSR count).